The summed E-state index contributed by atoms with van der Waals surface area (Å²) in [4.78, 5) is 17.8. The van der Waals surface area contributed by atoms with Crippen molar-refractivity contribution < 1.29 is 4.79 Å². The molecule has 0 radical (unpaired) electrons. The van der Waals surface area contributed by atoms with Crippen LogP contribution in [0.1, 0.15) is 10.4 Å². The lowest BCUT2D eigenvalue weighted by molar-refractivity contribution is 0.0999. The van der Waals surface area contributed by atoms with E-state index in [0.717, 1.165) is 21.0 Å². The lowest BCUT2D eigenvalue weighted by Gasteiger charge is -2.03. The van der Waals surface area contributed by atoms with Crippen LogP contribution in [0.4, 0.5) is 0 Å². The van der Waals surface area contributed by atoms with Gasteiger partial charge in [-0.15, -0.1) is 6.42 Å². The highest BCUT2D eigenvalue weighted by molar-refractivity contribution is 7.16. The molecule has 25 heavy (non-hydrogen) atoms. The van der Waals surface area contributed by atoms with Crippen LogP contribution in [0.3, 0.4) is 0 Å². The monoisotopic (exact) mass is 342 g/mol. The molecule has 0 aliphatic heterocycles. The van der Waals surface area contributed by atoms with Crippen molar-refractivity contribution in [3.8, 4) is 12.3 Å². The summed E-state index contributed by atoms with van der Waals surface area (Å²) in [6, 6.07) is 21.4. The normalized spacial score (nSPS) is 11.7. The van der Waals surface area contributed by atoms with Crippen molar-refractivity contribution in [2.24, 2.45) is 4.99 Å². The maximum Gasteiger partial charge on any atom is 0.280 e. The molecule has 0 bridgehead atoms. The highest BCUT2D eigenvalue weighted by Crippen LogP contribution is 2.20. The van der Waals surface area contributed by atoms with Gasteiger partial charge in [-0.25, -0.2) is 0 Å². The first-order valence-corrected chi connectivity index (χ1v) is 8.68. The summed E-state index contributed by atoms with van der Waals surface area (Å²) >= 11 is 1.47. The van der Waals surface area contributed by atoms with E-state index in [0.29, 0.717) is 16.9 Å². The largest absolute Gasteiger partial charge is 0.305 e. The van der Waals surface area contributed by atoms with Crippen LogP contribution in [0.2, 0.25) is 0 Å². The van der Waals surface area contributed by atoms with Gasteiger partial charge < -0.3 is 4.57 Å². The molecule has 0 N–H and O–H groups in total. The van der Waals surface area contributed by atoms with Crippen molar-refractivity contribution in [1.82, 2.24) is 4.57 Å². The van der Waals surface area contributed by atoms with Crippen molar-refractivity contribution in [3.63, 3.8) is 0 Å². The molecule has 0 aliphatic carbocycles. The van der Waals surface area contributed by atoms with E-state index in [2.05, 4.69) is 10.9 Å². The molecule has 0 saturated carbocycles. The van der Waals surface area contributed by atoms with E-state index in [-0.39, 0.29) is 5.91 Å². The zero-order chi connectivity index (χ0) is 17.2. The van der Waals surface area contributed by atoms with Gasteiger partial charge in [0.05, 0.1) is 16.8 Å². The Morgan fingerprint density at radius 3 is 2.68 bits per heavy atom. The van der Waals surface area contributed by atoms with Gasteiger partial charge in [0.15, 0.2) is 4.80 Å². The van der Waals surface area contributed by atoms with Gasteiger partial charge in [0.25, 0.3) is 5.91 Å². The quantitative estimate of drug-likeness (QED) is 0.502. The molecule has 120 valence electrons. The summed E-state index contributed by atoms with van der Waals surface area (Å²) in [5.41, 5.74) is 1.60. The van der Waals surface area contributed by atoms with E-state index in [1.165, 1.54) is 11.3 Å². The highest BCUT2D eigenvalue weighted by atomic mass is 32.1. The van der Waals surface area contributed by atoms with E-state index in [1.807, 2.05) is 71.3 Å². The van der Waals surface area contributed by atoms with Gasteiger partial charge >= 0.3 is 0 Å². The van der Waals surface area contributed by atoms with Crippen LogP contribution in [0.5, 0.6) is 0 Å². The molecule has 0 aliphatic rings. The number of aromatic nitrogens is 1. The van der Waals surface area contributed by atoms with E-state index >= 15 is 0 Å². The fraction of sp³-hybridized carbons (Fsp3) is 0.0476. The Labute approximate surface area is 148 Å². The second kappa shape index (κ2) is 6.39. The first-order valence-electron chi connectivity index (χ1n) is 7.86. The van der Waals surface area contributed by atoms with Crippen LogP contribution in [0, 0.1) is 12.3 Å². The summed E-state index contributed by atoms with van der Waals surface area (Å²) < 4.78 is 2.96. The maximum absolute atomic E-state index is 12.8. The van der Waals surface area contributed by atoms with Gasteiger partial charge in [-0.05, 0) is 29.0 Å². The molecule has 0 spiro atoms. The van der Waals surface area contributed by atoms with E-state index in [9.17, 15) is 4.79 Å². The second-order valence-electron chi connectivity index (χ2n) is 5.59. The molecule has 0 fully saturated rings. The average Bonchev–Trinajstić information content (AvgIpc) is 2.99. The van der Waals surface area contributed by atoms with Gasteiger partial charge in [-0.2, -0.15) is 4.99 Å². The van der Waals surface area contributed by atoms with Gasteiger partial charge in [-0.1, -0.05) is 65.8 Å². The SMILES string of the molecule is C#CCn1c(=NC(=O)c2cccc3ccccc23)sc2ccccc21. The molecule has 4 rings (SSSR count). The number of amides is 1. The van der Waals surface area contributed by atoms with Crippen molar-refractivity contribution in [3.05, 3.63) is 77.1 Å². The van der Waals surface area contributed by atoms with Gasteiger partial charge in [0, 0.05) is 5.56 Å². The number of hydrogen-bond donors (Lipinski definition) is 0. The number of nitrogens with zero attached hydrogens (tertiary/aromatic N) is 2. The van der Waals surface area contributed by atoms with Crippen LogP contribution in [0.25, 0.3) is 21.0 Å². The van der Waals surface area contributed by atoms with Crippen molar-refractivity contribution >= 4 is 38.2 Å². The smallest absolute Gasteiger partial charge is 0.280 e. The zero-order valence-electron chi connectivity index (χ0n) is 13.3. The van der Waals surface area contributed by atoms with Crippen LogP contribution in [-0.4, -0.2) is 10.5 Å². The first kappa shape index (κ1) is 15.4. The van der Waals surface area contributed by atoms with Crippen LogP contribution in [0.15, 0.2) is 71.7 Å². The number of para-hydroxylation sites is 1. The third kappa shape index (κ3) is 2.75. The molecular weight excluding hydrogens is 328 g/mol. The molecule has 3 nitrogen and oxygen atoms in total. The third-order valence-electron chi connectivity index (χ3n) is 4.05. The van der Waals surface area contributed by atoms with Crippen molar-refractivity contribution in [2.45, 2.75) is 6.54 Å². The van der Waals surface area contributed by atoms with Crippen LogP contribution in [-0.2, 0) is 6.54 Å². The highest BCUT2D eigenvalue weighted by Gasteiger charge is 2.11. The Morgan fingerprint density at radius 2 is 1.80 bits per heavy atom. The Bertz CT molecular complexity index is 1200. The summed E-state index contributed by atoms with van der Waals surface area (Å²) in [5.74, 6) is 2.39. The molecule has 1 amide bonds. The minimum absolute atomic E-state index is 0.255. The number of thiazole rings is 1. The number of rotatable bonds is 2. The van der Waals surface area contributed by atoms with Gasteiger partial charge in [0.1, 0.15) is 0 Å². The van der Waals surface area contributed by atoms with E-state index in [4.69, 9.17) is 6.42 Å². The lowest BCUT2D eigenvalue weighted by atomic mass is 10.0. The fourth-order valence-electron chi connectivity index (χ4n) is 2.91. The second-order valence-corrected chi connectivity index (χ2v) is 6.60. The Kier molecular flexibility index (Phi) is 3.93. The maximum atomic E-state index is 12.8. The predicted octanol–water partition coefficient (Wildman–Crippen LogP) is 4.23. The first-order chi connectivity index (χ1) is 12.3. The average molecular weight is 342 g/mol. The molecule has 1 aromatic heterocycles. The molecule has 0 saturated heterocycles. The van der Waals surface area contributed by atoms with E-state index < -0.39 is 0 Å². The Morgan fingerprint density at radius 1 is 1.04 bits per heavy atom. The van der Waals surface area contributed by atoms with Crippen molar-refractivity contribution in [1.29, 1.82) is 0 Å². The number of benzene rings is 3. The van der Waals surface area contributed by atoms with Gasteiger partial charge in [0.2, 0.25) is 0 Å². The zero-order valence-corrected chi connectivity index (χ0v) is 14.2. The Hall–Kier alpha value is -3.16. The number of hydrogen-bond acceptors (Lipinski definition) is 2. The molecule has 4 heteroatoms. The topological polar surface area (TPSA) is 34.4 Å². The van der Waals surface area contributed by atoms with Crippen LogP contribution >= 0.6 is 11.3 Å². The predicted molar refractivity (Wildman–Crippen MR) is 102 cm³/mol. The summed E-state index contributed by atoms with van der Waals surface area (Å²) in [7, 11) is 0. The molecule has 1 heterocycles. The molecule has 3 aromatic carbocycles. The van der Waals surface area contributed by atoms with E-state index in [1.54, 1.807) is 0 Å². The number of carbonyl (C=O) groups is 1. The molecule has 0 unspecified atom stereocenters. The minimum atomic E-state index is -0.255. The molecular formula is C21H14N2OS. The number of carbonyl (C=O) groups excluding carboxylic acids is 1. The van der Waals surface area contributed by atoms with Crippen molar-refractivity contribution in [2.75, 3.05) is 0 Å². The number of fused-ring (bicyclic) bond motifs is 2. The summed E-state index contributed by atoms with van der Waals surface area (Å²) in [6.07, 6.45) is 5.50. The molecule has 0 atom stereocenters. The minimum Gasteiger partial charge on any atom is -0.305 e. The van der Waals surface area contributed by atoms with Crippen LogP contribution < -0.4 is 4.80 Å². The Balaban J connectivity index is 1.91. The fourth-order valence-corrected chi connectivity index (χ4v) is 3.94. The standard InChI is InChI=1S/C21H14N2OS/c1-2-14-23-18-12-5-6-13-19(18)25-21(23)22-20(24)17-11-7-9-15-8-3-4-10-16(15)17/h1,3-13H,14H2. The summed E-state index contributed by atoms with van der Waals surface area (Å²) in [6.45, 7) is 0.381. The lowest BCUT2D eigenvalue weighted by Crippen LogP contribution is -2.16. The number of terminal acetylenes is 1. The third-order valence-corrected chi connectivity index (χ3v) is 5.11. The summed E-state index contributed by atoms with van der Waals surface area (Å²) in [5, 5.41) is 1.93. The van der Waals surface area contributed by atoms with Gasteiger partial charge in [-0.3, -0.25) is 4.79 Å². The molecule has 4 aromatic rings.